The number of anilines is 1. The molecule has 0 radical (unpaired) electrons. The number of alkyl halides is 3. The van der Waals surface area contributed by atoms with Crippen LogP contribution in [-0.2, 0) is 35.4 Å². The number of carbonyl (C=O) groups is 2. The molecular weight excluding hydrogens is 589 g/mol. The second-order valence-corrected chi connectivity index (χ2v) is 10.7. The van der Waals surface area contributed by atoms with Crippen LogP contribution in [0, 0.1) is 0 Å². The molecule has 11 nitrogen and oxygen atoms in total. The van der Waals surface area contributed by atoms with Gasteiger partial charge in [0.05, 0.1) is 18.2 Å². The molecular formula is C25H22ClF3N6O5S. The second kappa shape index (κ2) is 11.6. The zero-order valence-electron chi connectivity index (χ0n) is 21.4. The van der Waals surface area contributed by atoms with E-state index in [1.54, 1.807) is 36.8 Å². The zero-order valence-corrected chi connectivity index (χ0v) is 23.0. The Kier molecular flexibility index (Phi) is 8.39. The molecule has 216 valence electrons. The minimum Gasteiger partial charge on any atom is -0.376 e. The maximum absolute atomic E-state index is 13.3. The van der Waals surface area contributed by atoms with Gasteiger partial charge in [-0.15, -0.1) is 0 Å². The van der Waals surface area contributed by atoms with Gasteiger partial charge in [-0.25, -0.2) is 4.98 Å². The lowest BCUT2D eigenvalue weighted by Gasteiger charge is -2.20. The molecule has 0 aliphatic heterocycles. The van der Waals surface area contributed by atoms with E-state index in [1.165, 1.54) is 24.0 Å². The van der Waals surface area contributed by atoms with Crippen LogP contribution in [0.2, 0.25) is 5.02 Å². The van der Waals surface area contributed by atoms with E-state index < -0.39 is 39.2 Å². The van der Waals surface area contributed by atoms with Gasteiger partial charge >= 0.3 is 15.6 Å². The summed E-state index contributed by atoms with van der Waals surface area (Å²) >= 11 is 6.21. The number of halogens is 4. The molecule has 41 heavy (non-hydrogen) atoms. The number of carbonyl (C=O) groups excluding carboxylic acids is 2. The van der Waals surface area contributed by atoms with Crippen molar-refractivity contribution in [1.29, 1.82) is 0 Å². The van der Waals surface area contributed by atoms with Crippen molar-refractivity contribution in [2.24, 2.45) is 14.1 Å². The minimum absolute atomic E-state index is 0.00475. The highest BCUT2D eigenvalue weighted by atomic mass is 35.5. The van der Waals surface area contributed by atoms with E-state index in [9.17, 15) is 31.2 Å². The van der Waals surface area contributed by atoms with Crippen LogP contribution in [0.3, 0.4) is 0 Å². The van der Waals surface area contributed by atoms with E-state index in [2.05, 4.69) is 24.9 Å². The molecule has 4 rings (SSSR count). The first-order valence-corrected chi connectivity index (χ1v) is 13.5. The first kappa shape index (κ1) is 29.6. The van der Waals surface area contributed by atoms with Crippen LogP contribution in [0.5, 0.6) is 5.75 Å². The standard InChI is InChI=1S/C25H22ClF3N6O5S/c1-34-14-30-13-22(34)15-3-5-17(6-4-15)32-23(36)20(33-24(37)21-9-10-31-35(21)2)12-16-11-18(7-8-19(16)26)40-41(38,39)25(27,28)29/h3-11,13-14,20H,12H2,1-2H3,(H,32,36)(H,33,37)/t20-/m0/s1. The van der Waals surface area contributed by atoms with Crippen molar-refractivity contribution in [3.8, 4) is 17.0 Å². The third-order valence-corrected chi connectivity index (χ3v) is 7.22. The lowest BCUT2D eigenvalue weighted by molar-refractivity contribution is -0.118. The third-order valence-electron chi connectivity index (χ3n) is 5.87. The summed E-state index contributed by atoms with van der Waals surface area (Å²) in [6.45, 7) is 0. The molecule has 2 heterocycles. The van der Waals surface area contributed by atoms with Gasteiger partial charge in [0, 0.05) is 37.4 Å². The normalized spacial score (nSPS) is 12.5. The minimum atomic E-state index is -5.95. The number of aryl methyl sites for hydroxylation is 2. The van der Waals surface area contributed by atoms with Crippen molar-refractivity contribution < 1.29 is 35.4 Å². The summed E-state index contributed by atoms with van der Waals surface area (Å²) in [5.41, 5.74) is -3.42. The van der Waals surface area contributed by atoms with Crippen molar-refractivity contribution >= 4 is 39.2 Å². The van der Waals surface area contributed by atoms with Crippen LogP contribution in [0.4, 0.5) is 18.9 Å². The quantitative estimate of drug-likeness (QED) is 0.218. The summed E-state index contributed by atoms with van der Waals surface area (Å²) in [4.78, 5) is 30.3. The fraction of sp³-hybridized carbons (Fsp3) is 0.200. The first-order chi connectivity index (χ1) is 19.2. The van der Waals surface area contributed by atoms with Gasteiger partial charge in [-0.2, -0.15) is 26.7 Å². The monoisotopic (exact) mass is 610 g/mol. The Bertz CT molecular complexity index is 1690. The largest absolute Gasteiger partial charge is 0.534 e. The summed E-state index contributed by atoms with van der Waals surface area (Å²) in [5.74, 6) is -2.02. The van der Waals surface area contributed by atoms with Crippen molar-refractivity contribution in [3.63, 3.8) is 0 Å². The van der Waals surface area contributed by atoms with Crippen LogP contribution in [0.25, 0.3) is 11.3 Å². The van der Waals surface area contributed by atoms with Crippen molar-refractivity contribution in [3.05, 3.63) is 83.5 Å². The highest BCUT2D eigenvalue weighted by Crippen LogP contribution is 2.30. The summed E-state index contributed by atoms with van der Waals surface area (Å²) in [6, 6.07) is 9.92. The molecule has 2 amide bonds. The van der Waals surface area contributed by atoms with Gasteiger partial charge in [0.25, 0.3) is 5.91 Å². The number of rotatable bonds is 9. The van der Waals surface area contributed by atoms with E-state index in [0.29, 0.717) is 5.69 Å². The smallest absolute Gasteiger partial charge is 0.376 e. The predicted molar refractivity (Wildman–Crippen MR) is 142 cm³/mol. The Labute approximate surface area is 237 Å². The molecule has 0 unspecified atom stereocenters. The van der Waals surface area contributed by atoms with Crippen LogP contribution in [0.1, 0.15) is 16.1 Å². The van der Waals surface area contributed by atoms with Crippen molar-refractivity contribution in [1.82, 2.24) is 24.6 Å². The number of hydrogen-bond donors (Lipinski definition) is 2. The fourth-order valence-corrected chi connectivity index (χ4v) is 4.43. The van der Waals surface area contributed by atoms with Crippen molar-refractivity contribution in [2.75, 3.05) is 5.32 Å². The van der Waals surface area contributed by atoms with Gasteiger partial charge in [-0.1, -0.05) is 23.7 Å². The molecule has 0 aliphatic carbocycles. The lowest BCUT2D eigenvalue weighted by atomic mass is 10.0. The Morgan fingerprint density at radius 2 is 1.80 bits per heavy atom. The molecule has 1 atom stereocenters. The molecule has 4 aromatic rings. The highest BCUT2D eigenvalue weighted by Gasteiger charge is 2.48. The molecule has 16 heteroatoms. The van der Waals surface area contributed by atoms with E-state index in [1.807, 2.05) is 11.6 Å². The number of benzene rings is 2. The number of amides is 2. The first-order valence-electron chi connectivity index (χ1n) is 11.7. The van der Waals surface area contributed by atoms with Gasteiger partial charge in [0.2, 0.25) is 5.91 Å². The fourth-order valence-electron chi connectivity index (χ4n) is 3.78. The Hall–Kier alpha value is -4.37. The van der Waals surface area contributed by atoms with E-state index in [4.69, 9.17) is 11.6 Å². The van der Waals surface area contributed by atoms with E-state index in [0.717, 1.165) is 29.5 Å². The number of nitrogens with one attached hydrogen (secondary N) is 2. The van der Waals surface area contributed by atoms with E-state index >= 15 is 0 Å². The molecule has 0 fully saturated rings. The number of nitrogens with zero attached hydrogens (tertiary/aromatic N) is 4. The van der Waals surface area contributed by atoms with Crippen LogP contribution >= 0.6 is 11.6 Å². The second-order valence-electron chi connectivity index (χ2n) is 8.76. The average Bonchev–Trinajstić information content (AvgIpc) is 3.53. The van der Waals surface area contributed by atoms with Crippen LogP contribution < -0.4 is 14.8 Å². The van der Waals surface area contributed by atoms with Gasteiger partial charge in [-0.05, 0) is 47.5 Å². The Morgan fingerprint density at radius 1 is 1.10 bits per heavy atom. The SMILES string of the molecule is Cn1cncc1-c1ccc(NC(=O)[C@H](Cc2cc(OS(=O)(=O)C(F)(F)F)ccc2Cl)NC(=O)c2ccnn2C)cc1. The Balaban J connectivity index is 1.59. The summed E-state index contributed by atoms with van der Waals surface area (Å²) < 4.78 is 68.6. The van der Waals surface area contributed by atoms with Crippen LogP contribution in [0.15, 0.2) is 67.3 Å². The van der Waals surface area contributed by atoms with Gasteiger partial charge < -0.3 is 19.4 Å². The van der Waals surface area contributed by atoms with E-state index in [-0.39, 0.29) is 22.7 Å². The van der Waals surface area contributed by atoms with Crippen molar-refractivity contribution in [2.45, 2.75) is 18.0 Å². The van der Waals surface area contributed by atoms with Crippen LogP contribution in [-0.4, -0.2) is 51.1 Å². The predicted octanol–water partition coefficient (Wildman–Crippen LogP) is 3.68. The highest BCUT2D eigenvalue weighted by molar-refractivity contribution is 7.88. The molecule has 2 N–H and O–H groups in total. The average molecular weight is 611 g/mol. The molecule has 0 aliphatic rings. The van der Waals surface area contributed by atoms with Gasteiger partial charge in [0.15, 0.2) is 0 Å². The molecule has 2 aromatic heterocycles. The molecule has 0 bridgehead atoms. The molecule has 0 saturated carbocycles. The molecule has 0 saturated heterocycles. The summed E-state index contributed by atoms with van der Waals surface area (Å²) in [6.07, 6.45) is 4.38. The number of aromatic nitrogens is 4. The maximum atomic E-state index is 13.3. The lowest BCUT2D eigenvalue weighted by Crippen LogP contribution is -2.45. The number of imidazole rings is 1. The molecule has 0 spiro atoms. The van der Waals surface area contributed by atoms with Gasteiger partial charge in [0.1, 0.15) is 17.5 Å². The van der Waals surface area contributed by atoms with Gasteiger partial charge in [-0.3, -0.25) is 14.3 Å². The topological polar surface area (TPSA) is 137 Å². The summed E-state index contributed by atoms with van der Waals surface area (Å²) in [7, 11) is -2.60. The number of hydrogen-bond acceptors (Lipinski definition) is 7. The molecule has 2 aromatic carbocycles. The third kappa shape index (κ3) is 6.86. The zero-order chi connectivity index (χ0) is 29.9. The Morgan fingerprint density at radius 3 is 2.39 bits per heavy atom. The summed E-state index contributed by atoms with van der Waals surface area (Å²) in [5, 5.41) is 9.17. The maximum Gasteiger partial charge on any atom is 0.534 e.